The predicted octanol–water partition coefficient (Wildman–Crippen LogP) is 2.38. The molecular formula is C13H15N3O. The topological polar surface area (TPSA) is 49.0 Å². The van der Waals surface area contributed by atoms with Crippen LogP contribution in [0.5, 0.6) is 0 Å². The number of rotatable bonds is 3. The molecule has 0 aliphatic carbocycles. The van der Waals surface area contributed by atoms with Crippen LogP contribution in [0.3, 0.4) is 0 Å². The zero-order valence-corrected chi connectivity index (χ0v) is 9.97. The largest absolute Gasteiger partial charge is 0.307 e. The van der Waals surface area contributed by atoms with Crippen molar-refractivity contribution in [3.05, 3.63) is 47.8 Å². The van der Waals surface area contributed by atoms with E-state index in [0.29, 0.717) is 12.2 Å². The minimum atomic E-state index is -0.0805. The van der Waals surface area contributed by atoms with E-state index in [4.69, 9.17) is 0 Å². The number of benzene rings is 1. The van der Waals surface area contributed by atoms with Crippen LogP contribution in [0.2, 0.25) is 0 Å². The number of aryl methyl sites for hydroxylation is 1. The van der Waals surface area contributed by atoms with E-state index < -0.39 is 0 Å². The van der Waals surface area contributed by atoms with E-state index in [-0.39, 0.29) is 5.91 Å². The van der Waals surface area contributed by atoms with Crippen LogP contribution in [0.1, 0.15) is 23.1 Å². The van der Waals surface area contributed by atoms with Crippen LogP contribution >= 0.6 is 0 Å². The van der Waals surface area contributed by atoms with E-state index >= 15 is 0 Å². The Bertz CT molecular complexity index is 504. The molecule has 1 aromatic heterocycles. The summed E-state index contributed by atoms with van der Waals surface area (Å²) in [4.78, 5) is 13.9. The molecular weight excluding hydrogens is 214 g/mol. The second-order valence-corrected chi connectivity index (χ2v) is 3.82. The fourth-order valence-electron chi connectivity index (χ4n) is 1.72. The number of hydrogen-bond donors (Lipinski definition) is 1. The summed E-state index contributed by atoms with van der Waals surface area (Å²) >= 11 is 0. The van der Waals surface area contributed by atoms with Crippen LogP contribution in [0.15, 0.2) is 36.4 Å². The lowest BCUT2D eigenvalue weighted by Gasteiger charge is -2.19. The molecule has 4 nitrogen and oxygen atoms in total. The van der Waals surface area contributed by atoms with Gasteiger partial charge in [-0.1, -0.05) is 18.2 Å². The zero-order chi connectivity index (χ0) is 12.3. The van der Waals surface area contributed by atoms with Crippen molar-refractivity contribution in [3.8, 4) is 0 Å². The zero-order valence-electron chi connectivity index (χ0n) is 9.97. The molecule has 1 amide bonds. The Kier molecular flexibility index (Phi) is 3.23. The van der Waals surface area contributed by atoms with Gasteiger partial charge in [-0.2, -0.15) is 5.10 Å². The first-order valence-corrected chi connectivity index (χ1v) is 5.61. The molecule has 1 heterocycles. The van der Waals surface area contributed by atoms with Gasteiger partial charge >= 0.3 is 0 Å². The van der Waals surface area contributed by atoms with Crippen molar-refractivity contribution in [2.45, 2.75) is 13.8 Å². The van der Waals surface area contributed by atoms with Gasteiger partial charge in [-0.15, -0.1) is 0 Å². The molecule has 1 N–H and O–H groups in total. The summed E-state index contributed by atoms with van der Waals surface area (Å²) in [5.74, 6) is -0.0805. The van der Waals surface area contributed by atoms with E-state index in [0.717, 1.165) is 11.4 Å². The Labute approximate surface area is 100 Å². The smallest absolute Gasteiger partial charge is 0.278 e. The van der Waals surface area contributed by atoms with Gasteiger partial charge in [0.15, 0.2) is 5.69 Å². The molecule has 0 unspecified atom stereocenters. The van der Waals surface area contributed by atoms with Gasteiger partial charge in [0, 0.05) is 17.9 Å². The average Bonchev–Trinajstić information content (AvgIpc) is 2.78. The number of hydrogen-bond acceptors (Lipinski definition) is 2. The van der Waals surface area contributed by atoms with Crippen LogP contribution in [0, 0.1) is 6.92 Å². The van der Waals surface area contributed by atoms with Gasteiger partial charge < -0.3 is 4.90 Å². The van der Waals surface area contributed by atoms with Crippen LogP contribution in [0.4, 0.5) is 5.69 Å². The lowest BCUT2D eigenvalue weighted by Crippen LogP contribution is -2.30. The Hall–Kier alpha value is -2.10. The molecule has 0 aliphatic rings. The first-order chi connectivity index (χ1) is 8.22. The van der Waals surface area contributed by atoms with Crippen molar-refractivity contribution >= 4 is 11.6 Å². The second-order valence-electron chi connectivity index (χ2n) is 3.82. The molecule has 0 fully saturated rings. The highest BCUT2D eigenvalue weighted by atomic mass is 16.2. The summed E-state index contributed by atoms with van der Waals surface area (Å²) in [6.07, 6.45) is 0. The van der Waals surface area contributed by atoms with E-state index in [2.05, 4.69) is 10.2 Å². The first kappa shape index (κ1) is 11.4. The van der Waals surface area contributed by atoms with Gasteiger partial charge in [-0.25, -0.2) is 0 Å². The minimum Gasteiger partial charge on any atom is -0.307 e. The van der Waals surface area contributed by atoms with E-state index in [1.165, 1.54) is 0 Å². The number of nitrogens with zero attached hydrogens (tertiary/aromatic N) is 2. The van der Waals surface area contributed by atoms with Crippen molar-refractivity contribution in [2.75, 3.05) is 11.4 Å². The molecule has 0 spiro atoms. The standard InChI is InChI=1S/C13H15N3O/c1-3-16(11-7-5-4-6-8-11)13(17)12-9-10(2)14-15-12/h4-9H,3H2,1-2H3,(H,14,15). The molecule has 0 bridgehead atoms. The Balaban J connectivity index is 2.28. The van der Waals surface area contributed by atoms with Gasteiger partial charge in [-0.05, 0) is 32.0 Å². The fraction of sp³-hybridized carbons (Fsp3) is 0.231. The number of aromatic amines is 1. The predicted molar refractivity (Wildman–Crippen MR) is 67.1 cm³/mol. The van der Waals surface area contributed by atoms with E-state index in [1.807, 2.05) is 44.2 Å². The van der Waals surface area contributed by atoms with E-state index in [1.54, 1.807) is 11.0 Å². The highest BCUT2D eigenvalue weighted by molar-refractivity contribution is 6.04. The summed E-state index contributed by atoms with van der Waals surface area (Å²) in [7, 11) is 0. The second kappa shape index (κ2) is 4.82. The number of anilines is 1. The van der Waals surface area contributed by atoms with Gasteiger partial charge in [0.25, 0.3) is 5.91 Å². The molecule has 17 heavy (non-hydrogen) atoms. The van der Waals surface area contributed by atoms with Crippen molar-refractivity contribution in [1.82, 2.24) is 10.2 Å². The number of carbonyl (C=O) groups excluding carboxylic acids is 1. The summed E-state index contributed by atoms with van der Waals surface area (Å²) in [6.45, 7) is 4.45. The van der Waals surface area contributed by atoms with Gasteiger partial charge in [0.2, 0.25) is 0 Å². The van der Waals surface area contributed by atoms with Crippen molar-refractivity contribution in [1.29, 1.82) is 0 Å². The summed E-state index contributed by atoms with van der Waals surface area (Å²) in [5, 5.41) is 6.78. The molecule has 0 saturated carbocycles. The average molecular weight is 229 g/mol. The first-order valence-electron chi connectivity index (χ1n) is 5.61. The third-order valence-electron chi connectivity index (χ3n) is 2.55. The maximum absolute atomic E-state index is 12.2. The quantitative estimate of drug-likeness (QED) is 0.878. The van der Waals surface area contributed by atoms with Crippen LogP contribution in [-0.4, -0.2) is 22.6 Å². The molecule has 0 atom stereocenters. The monoisotopic (exact) mass is 229 g/mol. The van der Waals surface area contributed by atoms with Crippen molar-refractivity contribution in [2.24, 2.45) is 0 Å². The van der Waals surface area contributed by atoms with Gasteiger partial charge in [-0.3, -0.25) is 9.89 Å². The van der Waals surface area contributed by atoms with Crippen molar-refractivity contribution in [3.63, 3.8) is 0 Å². The summed E-state index contributed by atoms with van der Waals surface area (Å²) in [5.41, 5.74) is 2.23. The summed E-state index contributed by atoms with van der Waals surface area (Å²) in [6, 6.07) is 11.4. The van der Waals surface area contributed by atoms with Crippen LogP contribution in [0.25, 0.3) is 0 Å². The lowest BCUT2D eigenvalue weighted by atomic mass is 10.2. The number of para-hydroxylation sites is 1. The molecule has 88 valence electrons. The molecule has 2 rings (SSSR count). The third kappa shape index (κ3) is 2.36. The molecule has 4 heteroatoms. The van der Waals surface area contributed by atoms with Crippen LogP contribution < -0.4 is 4.90 Å². The highest BCUT2D eigenvalue weighted by Crippen LogP contribution is 2.15. The SMILES string of the molecule is CCN(C(=O)c1cc(C)[nH]n1)c1ccccc1. The highest BCUT2D eigenvalue weighted by Gasteiger charge is 2.17. The summed E-state index contributed by atoms with van der Waals surface area (Å²) < 4.78 is 0. The van der Waals surface area contributed by atoms with Gasteiger partial charge in [0.1, 0.15) is 0 Å². The van der Waals surface area contributed by atoms with Crippen molar-refractivity contribution < 1.29 is 4.79 Å². The Morgan fingerprint density at radius 3 is 2.59 bits per heavy atom. The number of H-pyrrole nitrogens is 1. The molecule has 0 aliphatic heterocycles. The molecule has 2 aromatic rings. The number of nitrogens with one attached hydrogen (secondary N) is 1. The van der Waals surface area contributed by atoms with Gasteiger partial charge in [0.05, 0.1) is 0 Å². The molecule has 0 saturated heterocycles. The number of aromatic nitrogens is 2. The van der Waals surface area contributed by atoms with Crippen LogP contribution in [-0.2, 0) is 0 Å². The maximum Gasteiger partial charge on any atom is 0.278 e. The maximum atomic E-state index is 12.2. The molecule has 1 aromatic carbocycles. The molecule has 0 radical (unpaired) electrons. The number of carbonyl (C=O) groups is 1. The van der Waals surface area contributed by atoms with E-state index in [9.17, 15) is 4.79 Å². The Morgan fingerprint density at radius 2 is 2.06 bits per heavy atom. The Morgan fingerprint density at radius 1 is 1.35 bits per heavy atom. The fourth-order valence-corrected chi connectivity index (χ4v) is 1.72. The minimum absolute atomic E-state index is 0.0805. The number of amides is 1. The lowest BCUT2D eigenvalue weighted by molar-refractivity contribution is 0.0983. The third-order valence-corrected chi connectivity index (χ3v) is 2.55. The normalized spacial score (nSPS) is 10.2.